The van der Waals surface area contributed by atoms with Crippen molar-refractivity contribution >= 4 is 24.8 Å². The van der Waals surface area contributed by atoms with E-state index in [0.29, 0.717) is 0 Å². The van der Waals surface area contributed by atoms with Crippen LogP contribution in [-0.4, -0.2) is 0 Å². The molecule has 0 saturated heterocycles. The summed E-state index contributed by atoms with van der Waals surface area (Å²) in [5.41, 5.74) is 0. The van der Waals surface area contributed by atoms with Crippen molar-refractivity contribution < 1.29 is 26.2 Å². The Kier molecular flexibility index (Phi) is 318. The van der Waals surface area contributed by atoms with E-state index in [1.54, 1.807) is 0 Å². The van der Waals surface area contributed by atoms with Gasteiger partial charge in [0.15, 0.2) is 0 Å². The molecule has 0 aliphatic heterocycles. The molecule has 0 N–H and O–H groups in total. The molecule has 0 aromatic rings. The second-order valence-corrected chi connectivity index (χ2v) is 0. The van der Waals surface area contributed by atoms with E-state index in [1.165, 1.54) is 0 Å². The third-order valence-corrected chi connectivity index (χ3v) is 0. The first kappa shape index (κ1) is 50.8. The van der Waals surface area contributed by atoms with Gasteiger partial charge in [-0.25, -0.2) is 0 Å². The maximum Gasteiger partial charge on any atom is 0 e. The first-order chi connectivity index (χ1) is 0. The minimum absolute atomic E-state index is 0. The molecule has 0 fully saturated rings. The topological polar surface area (TPSA) is 0 Å². The normalized spacial score (nSPS) is 0. The van der Waals surface area contributed by atoms with Crippen molar-refractivity contribution in [2.45, 2.75) is 0 Å². The maximum absolute atomic E-state index is 0. The van der Waals surface area contributed by atoms with Crippen LogP contribution in [0.4, 0.5) is 0 Å². The van der Waals surface area contributed by atoms with Crippen molar-refractivity contribution in [3.63, 3.8) is 0 Å². The molecule has 0 nitrogen and oxygen atoms in total. The molecule has 0 aliphatic rings. The second kappa shape index (κ2) is 25.0. The first-order valence-corrected chi connectivity index (χ1v) is 0. The SMILES string of the molecule is Cl.Cl.[CH3-].[Zr]. The van der Waals surface area contributed by atoms with Crippen molar-refractivity contribution in [1.29, 1.82) is 0 Å². The summed E-state index contributed by atoms with van der Waals surface area (Å²) in [7, 11) is 0. The molecule has 0 aromatic heterocycles. The molecule has 0 aromatic carbocycles. The van der Waals surface area contributed by atoms with E-state index >= 15 is 0 Å². The molecule has 0 heterocycles. The van der Waals surface area contributed by atoms with Crippen LogP contribution in [0.2, 0.25) is 0 Å². The van der Waals surface area contributed by atoms with Crippen molar-refractivity contribution in [2.75, 3.05) is 0 Å². The molecule has 3 heteroatoms. The summed E-state index contributed by atoms with van der Waals surface area (Å²) in [6.45, 7) is 0. The minimum atomic E-state index is 0. The molecular weight excluding hydrogens is 174 g/mol. The van der Waals surface area contributed by atoms with Crippen LogP contribution >= 0.6 is 24.8 Å². The van der Waals surface area contributed by atoms with Crippen LogP contribution < -0.4 is 0 Å². The van der Waals surface area contributed by atoms with Gasteiger partial charge in [-0.15, -0.1) is 24.8 Å². The van der Waals surface area contributed by atoms with Crippen molar-refractivity contribution in [3.8, 4) is 0 Å². The standard InChI is InChI=1S/CH3.2ClH.Zr/h1H3;2*1H;/q-1;;;. The summed E-state index contributed by atoms with van der Waals surface area (Å²) in [5, 5.41) is 0. The van der Waals surface area contributed by atoms with Crippen LogP contribution in [0.1, 0.15) is 0 Å². The van der Waals surface area contributed by atoms with Gasteiger partial charge in [-0.3, -0.25) is 0 Å². The van der Waals surface area contributed by atoms with Gasteiger partial charge >= 0.3 is 0 Å². The zero-order valence-corrected chi connectivity index (χ0v) is 6.41. The van der Waals surface area contributed by atoms with E-state index < -0.39 is 0 Å². The van der Waals surface area contributed by atoms with E-state index in [9.17, 15) is 0 Å². The number of hydrogen-bond acceptors (Lipinski definition) is 0. The molecular formula is CH5Cl2Zr-. The Morgan fingerprint density at radius 2 is 0.750 bits per heavy atom. The van der Waals surface area contributed by atoms with Gasteiger partial charge in [0.2, 0.25) is 0 Å². The Morgan fingerprint density at radius 1 is 0.750 bits per heavy atom. The molecule has 0 spiro atoms. The summed E-state index contributed by atoms with van der Waals surface area (Å²) in [6.07, 6.45) is 0. The fourth-order valence-electron chi connectivity index (χ4n) is 0. The van der Waals surface area contributed by atoms with Crippen LogP contribution in [0, 0.1) is 7.43 Å². The average molecular weight is 179 g/mol. The van der Waals surface area contributed by atoms with Gasteiger partial charge in [-0.1, -0.05) is 0 Å². The Labute approximate surface area is 58.3 Å². The molecule has 0 atom stereocenters. The molecule has 4 heavy (non-hydrogen) atoms. The van der Waals surface area contributed by atoms with Gasteiger partial charge < -0.3 is 7.43 Å². The third kappa shape index (κ3) is 9.81. The molecule has 0 bridgehead atoms. The number of halogens is 2. The van der Waals surface area contributed by atoms with E-state index in [2.05, 4.69) is 0 Å². The van der Waals surface area contributed by atoms with Gasteiger partial charge in [0.05, 0.1) is 0 Å². The minimum Gasteiger partial charge on any atom is -0.358 e. The van der Waals surface area contributed by atoms with Gasteiger partial charge in [0.1, 0.15) is 0 Å². The zero-order valence-electron chi connectivity index (χ0n) is 2.32. The Balaban J connectivity index is 0. The molecule has 0 unspecified atom stereocenters. The molecule has 0 rings (SSSR count). The van der Waals surface area contributed by atoms with Gasteiger partial charge in [0.25, 0.3) is 0 Å². The molecule has 0 amide bonds. The van der Waals surface area contributed by atoms with Crippen LogP contribution in [0.5, 0.6) is 0 Å². The van der Waals surface area contributed by atoms with Crippen molar-refractivity contribution in [3.05, 3.63) is 7.43 Å². The fraction of sp³-hybridized carbons (Fsp3) is 0. The second-order valence-electron chi connectivity index (χ2n) is 0. The average Bonchev–Trinajstić information content (AvgIpc) is 0. The van der Waals surface area contributed by atoms with Crippen molar-refractivity contribution in [2.24, 2.45) is 0 Å². The Morgan fingerprint density at radius 3 is 0.750 bits per heavy atom. The van der Waals surface area contributed by atoms with E-state index in [-0.39, 0.29) is 58.4 Å². The Bertz CT molecular complexity index is 6.00. The predicted octanol–water partition coefficient (Wildman–Crippen LogP) is 1.29. The summed E-state index contributed by atoms with van der Waals surface area (Å²) < 4.78 is 0. The van der Waals surface area contributed by atoms with Gasteiger partial charge in [0, 0.05) is 26.2 Å². The van der Waals surface area contributed by atoms with E-state index in [1.807, 2.05) is 0 Å². The number of rotatable bonds is 0. The molecule has 0 radical (unpaired) electrons. The quantitative estimate of drug-likeness (QED) is 0.491. The molecule has 0 aliphatic carbocycles. The van der Waals surface area contributed by atoms with Gasteiger partial charge in [-0.2, -0.15) is 0 Å². The zero-order chi connectivity index (χ0) is 0. The Hall–Kier alpha value is 1.46. The van der Waals surface area contributed by atoms with E-state index in [0.717, 1.165) is 0 Å². The summed E-state index contributed by atoms with van der Waals surface area (Å²) >= 11 is 0. The monoisotopic (exact) mass is 177 g/mol. The maximum atomic E-state index is 0. The van der Waals surface area contributed by atoms with Crippen LogP contribution in [-0.2, 0) is 26.2 Å². The third-order valence-electron chi connectivity index (χ3n) is 0. The van der Waals surface area contributed by atoms with E-state index in [4.69, 9.17) is 0 Å². The summed E-state index contributed by atoms with van der Waals surface area (Å²) in [6, 6.07) is 0. The summed E-state index contributed by atoms with van der Waals surface area (Å²) in [4.78, 5) is 0. The largest absolute Gasteiger partial charge is 0.358 e. The first-order valence-electron chi connectivity index (χ1n) is 0. The van der Waals surface area contributed by atoms with Crippen LogP contribution in [0.25, 0.3) is 0 Å². The molecule has 28 valence electrons. The summed E-state index contributed by atoms with van der Waals surface area (Å²) in [5.74, 6) is 0. The molecule has 0 saturated carbocycles. The van der Waals surface area contributed by atoms with Crippen LogP contribution in [0.15, 0.2) is 0 Å². The fourth-order valence-corrected chi connectivity index (χ4v) is 0. The smallest absolute Gasteiger partial charge is 0 e. The van der Waals surface area contributed by atoms with Gasteiger partial charge in [-0.05, 0) is 0 Å². The van der Waals surface area contributed by atoms with Crippen LogP contribution in [0.3, 0.4) is 0 Å². The predicted molar refractivity (Wildman–Crippen MR) is 20.9 cm³/mol. The number of hydrogen-bond donors (Lipinski definition) is 0. The van der Waals surface area contributed by atoms with Crippen molar-refractivity contribution in [1.82, 2.24) is 0 Å².